The average Bonchev–Trinajstić information content (AvgIpc) is 3.11. The van der Waals surface area contributed by atoms with Crippen LogP contribution in [0.1, 0.15) is 49.9 Å². The van der Waals surface area contributed by atoms with E-state index in [1.54, 1.807) is 0 Å². The van der Waals surface area contributed by atoms with Crippen LogP contribution in [-0.4, -0.2) is 26.4 Å². The molecule has 0 unspecified atom stereocenters. The van der Waals surface area contributed by atoms with Gasteiger partial charge in [0, 0.05) is 17.8 Å². The van der Waals surface area contributed by atoms with Crippen LogP contribution in [-0.2, 0) is 16.8 Å². The van der Waals surface area contributed by atoms with Crippen LogP contribution in [0.5, 0.6) is 0 Å². The molecule has 3 rings (SSSR count). The molecule has 3 aromatic rings. The van der Waals surface area contributed by atoms with Crippen LogP contribution >= 0.6 is 11.8 Å². The van der Waals surface area contributed by atoms with E-state index in [1.165, 1.54) is 22.9 Å². The molecule has 5 nitrogen and oxygen atoms in total. The molecule has 1 aromatic heterocycles. The predicted octanol–water partition coefficient (Wildman–Crippen LogP) is 5.92. The molecule has 0 saturated carbocycles. The van der Waals surface area contributed by atoms with Gasteiger partial charge in [0.05, 0.1) is 5.75 Å². The first kappa shape index (κ1) is 23.1. The van der Waals surface area contributed by atoms with Gasteiger partial charge in [-0.15, -0.1) is 10.2 Å². The predicted molar refractivity (Wildman–Crippen MR) is 130 cm³/mol. The van der Waals surface area contributed by atoms with Crippen molar-refractivity contribution in [2.24, 2.45) is 0 Å². The number of carbonyl (C=O) groups is 1. The Hall–Kier alpha value is -2.60. The quantitative estimate of drug-likeness (QED) is 0.487. The Morgan fingerprint density at radius 3 is 2.19 bits per heavy atom. The third kappa shape index (κ3) is 5.37. The molecule has 164 valence electrons. The van der Waals surface area contributed by atoms with Gasteiger partial charge in [-0.1, -0.05) is 74.5 Å². The van der Waals surface area contributed by atoms with Gasteiger partial charge in [0.1, 0.15) is 0 Å². The summed E-state index contributed by atoms with van der Waals surface area (Å²) in [7, 11) is 0. The zero-order valence-corrected chi connectivity index (χ0v) is 20.4. The molecule has 0 aliphatic heterocycles. The Balaban J connectivity index is 1.72. The molecule has 0 saturated heterocycles. The van der Waals surface area contributed by atoms with Gasteiger partial charge in [-0.05, 0) is 49.8 Å². The third-order valence-corrected chi connectivity index (χ3v) is 6.28. The van der Waals surface area contributed by atoms with Gasteiger partial charge in [0.15, 0.2) is 11.0 Å². The minimum Gasteiger partial charge on any atom is -0.325 e. The van der Waals surface area contributed by atoms with E-state index in [1.807, 2.05) is 13.8 Å². The number of rotatable bonds is 6. The van der Waals surface area contributed by atoms with E-state index in [2.05, 4.69) is 91.1 Å². The van der Waals surface area contributed by atoms with Crippen molar-refractivity contribution < 1.29 is 4.79 Å². The van der Waals surface area contributed by atoms with Crippen LogP contribution in [0.4, 0.5) is 5.69 Å². The maximum atomic E-state index is 12.6. The Morgan fingerprint density at radius 1 is 1.03 bits per heavy atom. The summed E-state index contributed by atoms with van der Waals surface area (Å²) in [4.78, 5) is 12.6. The zero-order chi connectivity index (χ0) is 22.8. The van der Waals surface area contributed by atoms with Crippen molar-refractivity contribution >= 4 is 23.4 Å². The number of aromatic nitrogens is 3. The topological polar surface area (TPSA) is 59.8 Å². The molecule has 6 heteroatoms. The lowest BCUT2D eigenvalue weighted by molar-refractivity contribution is -0.113. The zero-order valence-electron chi connectivity index (χ0n) is 19.5. The van der Waals surface area contributed by atoms with Crippen LogP contribution in [0, 0.1) is 20.8 Å². The van der Waals surface area contributed by atoms with Crippen LogP contribution < -0.4 is 5.32 Å². The highest BCUT2D eigenvalue weighted by Crippen LogP contribution is 2.28. The molecule has 31 heavy (non-hydrogen) atoms. The van der Waals surface area contributed by atoms with E-state index in [-0.39, 0.29) is 17.1 Å². The van der Waals surface area contributed by atoms with E-state index in [4.69, 9.17) is 0 Å². The van der Waals surface area contributed by atoms with Crippen LogP contribution in [0.3, 0.4) is 0 Å². The number of carbonyl (C=O) groups excluding carboxylic acids is 1. The number of nitrogens with one attached hydrogen (secondary N) is 1. The van der Waals surface area contributed by atoms with Gasteiger partial charge < -0.3 is 9.88 Å². The Morgan fingerprint density at radius 2 is 1.65 bits per heavy atom. The van der Waals surface area contributed by atoms with Crippen molar-refractivity contribution in [3.8, 4) is 11.4 Å². The Labute approximate surface area is 189 Å². The summed E-state index contributed by atoms with van der Waals surface area (Å²) in [6.07, 6.45) is 0. The van der Waals surface area contributed by atoms with Gasteiger partial charge in [-0.3, -0.25) is 4.79 Å². The number of hydrogen-bond donors (Lipinski definition) is 1. The molecule has 1 N–H and O–H groups in total. The Bertz CT molecular complexity index is 1050. The van der Waals surface area contributed by atoms with Gasteiger partial charge in [0.25, 0.3) is 0 Å². The maximum absolute atomic E-state index is 12.6. The van der Waals surface area contributed by atoms with Crippen LogP contribution in [0.15, 0.2) is 41.6 Å². The molecule has 0 fully saturated rings. The molecule has 1 amide bonds. The summed E-state index contributed by atoms with van der Waals surface area (Å²) >= 11 is 1.41. The molecular weight excluding hydrogens is 404 g/mol. The minimum atomic E-state index is -0.0400. The molecule has 0 spiro atoms. The fourth-order valence-corrected chi connectivity index (χ4v) is 4.50. The standard InChI is InChI=1S/C25H32N4OS/c1-8-29-23(19-9-11-20(12-10-19)25(5,6)7)27-28-24(29)31-15-21(30)26-22-17(3)13-16(2)14-18(22)4/h9-14H,8,15H2,1-7H3,(H,26,30). The van der Waals surface area contributed by atoms with Gasteiger partial charge >= 0.3 is 0 Å². The first-order valence-electron chi connectivity index (χ1n) is 10.6. The number of amides is 1. The summed E-state index contributed by atoms with van der Waals surface area (Å²) < 4.78 is 2.06. The fourth-order valence-electron chi connectivity index (χ4n) is 3.70. The summed E-state index contributed by atoms with van der Waals surface area (Å²) in [5.41, 5.74) is 6.67. The summed E-state index contributed by atoms with van der Waals surface area (Å²) in [5, 5.41) is 12.6. The van der Waals surface area contributed by atoms with Gasteiger partial charge in [-0.2, -0.15) is 0 Å². The molecular formula is C25H32N4OS. The number of nitrogens with zero attached hydrogens (tertiary/aromatic N) is 3. The second-order valence-electron chi connectivity index (χ2n) is 8.99. The van der Waals surface area contributed by atoms with E-state index >= 15 is 0 Å². The van der Waals surface area contributed by atoms with Crippen molar-refractivity contribution in [3.63, 3.8) is 0 Å². The van der Waals surface area contributed by atoms with Crippen molar-refractivity contribution in [1.29, 1.82) is 0 Å². The summed E-state index contributed by atoms with van der Waals surface area (Å²) in [6.45, 7) is 15.5. The highest BCUT2D eigenvalue weighted by atomic mass is 32.2. The van der Waals surface area contributed by atoms with Crippen molar-refractivity contribution in [2.45, 2.75) is 65.6 Å². The van der Waals surface area contributed by atoms with Crippen molar-refractivity contribution in [2.75, 3.05) is 11.1 Å². The molecule has 1 heterocycles. The van der Waals surface area contributed by atoms with Crippen LogP contribution in [0.25, 0.3) is 11.4 Å². The number of aryl methyl sites for hydroxylation is 3. The van der Waals surface area contributed by atoms with Crippen molar-refractivity contribution in [3.05, 3.63) is 58.7 Å². The average molecular weight is 437 g/mol. The highest BCUT2D eigenvalue weighted by Gasteiger charge is 2.17. The molecule has 0 radical (unpaired) electrons. The first-order chi connectivity index (χ1) is 14.6. The SMILES string of the molecule is CCn1c(SCC(=O)Nc2c(C)cc(C)cc2C)nnc1-c1ccc(C(C)(C)C)cc1. The largest absolute Gasteiger partial charge is 0.325 e. The van der Waals surface area contributed by atoms with Gasteiger partial charge in [-0.25, -0.2) is 0 Å². The lowest BCUT2D eigenvalue weighted by Crippen LogP contribution is -2.16. The van der Waals surface area contributed by atoms with E-state index < -0.39 is 0 Å². The lowest BCUT2D eigenvalue weighted by atomic mass is 9.87. The Kier molecular flexibility index (Phi) is 6.90. The molecule has 2 aromatic carbocycles. The van der Waals surface area contributed by atoms with Crippen molar-refractivity contribution in [1.82, 2.24) is 14.8 Å². The highest BCUT2D eigenvalue weighted by molar-refractivity contribution is 7.99. The summed E-state index contributed by atoms with van der Waals surface area (Å²) in [6, 6.07) is 12.7. The molecule has 0 bridgehead atoms. The molecule has 0 atom stereocenters. The number of thioether (sulfide) groups is 1. The number of hydrogen-bond acceptors (Lipinski definition) is 4. The minimum absolute atomic E-state index is 0.0400. The maximum Gasteiger partial charge on any atom is 0.234 e. The number of anilines is 1. The van der Waals surface area contributed by atoms with E-state index in [0.717, 1.165) is 39.9 Å². The third-order valence-electron chi connectivity index (χ3n) is 5.32. The second kappa shape index (κ2) is 9.27. The lowest BCUT2D eigenvalue weighted by Gasteiger charge is -2.19. The van der Waals surface area contributed by atoms with E-state index in [0.29, 0.717) is 0 Å². The molecule has 0 aliphatic rings. The first-order valence-corrected chi connectivity index (χ1v) is 11.6. The second-order valence-corrected chi connectivity index (χ2v) is 9.93. The number of benzene rings is 2. The fraction of sp³-hybridized carbons (Fsp3) is 0.400. The molecule has 0 aliphatic carbocycles. The van der Waals surface area contributed by atoms with Gasteiger partial charge in [0.2, 0.25) is 5.91 Å². The monoisotopic (exact) mass is 436 g/mol. The normalized spacial score (nSPS) is 11.6. The van der Waals surface area contributed by atoms with E-state index in [9.17, 15) is 4.79 Å². The van der Waals surface area contributed by atoms with Crippen LogP contribution in [0.2, 0.25) is 0 Å². The summed E-state index contributed by atoms with van der Waals surface area (Å²) in [5.74, 6) is 1.08. The smallest absolute Gasteiger partial charge is 0.234 e.